The molecule has 0 aliphatic carbocycles. The van der Waals surface area contributed by atoms with Crippen LogP contribution in [0.15, 0.2) is 52.9 Å². The number of thioether (sulfide) groups is 1. The Kier molecular flexibility index (Phi) is 7.11. The zero-order valence-electron chi connectivity index (χ0n) is 18.1. The molecule has 0 saturated carbocycles. The fraction of sp³-hybridized carbons (Fsp3) is 0.292. The van der Waals surface area contributed by atoms with Crippen molar-refractivity contribution < 1.29 is 36.6 Å². The van der Waals surface area contributed by atoms with E-state index in [1.807, 2.05) is 0 Å². The van der Waals surface area contributed by atoms with Crippen molar-refractivity contribution in [2.24, 2.45) is 0 Å². The Balaban J connectivity index is 1.69. The molecule has 0 fully saturated rings. The normalized spacial score (nSPS) is 12.1. The van der Waals surface area contributed by atoms with Gasteiger partial charge in [0.25, 0.3) is 0 Å². The molecule has 0 radical (unpaired) electrons. The monoisotopic (exact) mass is 482 g/mol. The van der Waals surface area contributed by atoms with Crippen molar-refractivity contribution in [1.82, 2.24) is 0 Å². The van der Waals surface area contributed by atoms with E-state index in [1.54, 1.807) is 26.8 Å². The fourth-order valence-corrected chi connectivity index (χ4v) is 3.72. The Hall–Kier alpha value is -2.94. The highest BCUT2D eigenvalue weighted by molar-refractivity contribution is 8.00. The minimum Gasteiger partial charge on any atom is -0.489 e. The van der Waals surface area contributed by atoms with Crippen LogP contribution in [0.5, 0.6) is 5.75 Å². The molecule has 0 atom stereocenters. The van der Waals surface area contributed by atoms with Crippen molar-refractivity contribution >= 4 is 17.7 Å². The summed E-state index contributed by atoms with van der Waals surface area (Å²) in [6.07, 6.45) is -4.41. The molecule has 0 spiro atoms. The van der Waals surface area contributed by atoms with Crippen LogP contribution in [0.4, 0.5) is 17.6 Å². The maximum Gasteiger partial charge on any atom is 0.416 e. The molecular weight excluding hydrogens is 460 g/mol. The summed E-state index contributed by atoms with van der Waals surface area (Å²) in [5.74, 6) is 0.0694. The van der Waals surface area contributed by atoms with Gasteiger partial charge in [0.05, 0.1) is 5.56 Å². The zero-order valence-corrected chi connectivity index (χ0v) is 18.9. The lowest BCUT2D eigenvalue weighted by atomic mass is 10.1. The predicted molar refractivity (Wildman–Crippen MR) is 118 cm³/mol. The Bertz CT molecular complexity index is 1130. The van der Waals surface area contributed by atoms with Gasteiger partial charge in [-0.1, -0.05) is 12.1 Å². The maximum atomic E-state index is 14.2. The number of carboxylic acid groups (broad SMARTS) is 1. The molecule has 1 aromatic heterocycles. The van der Waals surface area contributed by atoms with Crippen LogP contribution < -0.4 is 4.74 Å². The van der Waals surface area contributed by atoms with Crippen LogP contribution in [0, 0.1) is 12.7 Å². The van der Waals surface area contributed by atoms with E-state index in [0.717, 1.165) is 23.9 Å². The summed E-state index contributed by atoms with van der Waals surface area (Å²) in [6.45, 7) is 4.92. The number of hydrogen-bond acceptors (Lipinski definition) is 4. The van der Waals surface area contributed by atoms with Crippen LogP contribution in [-0.4, -0.2) is 15.8 Å². The summed E-state index contributed by atoms with van der Waals surface area (Å²) >= 11 is 1.10. The van der Waals surface area contributed by atoms with Gasteiger partial charge in [-0.15, -0.1) is 11.8 Å². The van der Waals surface area contributed by atoms with E-state index in [4.69, 9.17) is 9.15 Å². The van der Waals surface area contributed by atoms with Crippen LogP contribution in [0.2, 0.25) is 0 Å². The molecule has 9 heteroatoms. The first kappa shape index (κ1) is 24.7. The van der Waals surface area contributed by atoms with Gasteiger partial charge in [0.15, 0.2) is 0 Å². The minimum absolute atomic E-state index is 0.106. The molecule has 3 aromatic rings. The molecule has 0 bridgehead atoms. The van der Waals surface area contributed by atoms with Crippen LogP contribution in [0.1, 0.15) is 36.3 Å². The van der Waals surface area contributed by atoms with Gasteiger partial charge in [0.2, 0.25) is 0 Å². The number of carbonyl (C=O) groups is 1. The number of aryl methyl sites for hydroxylation is 1. The number of rotatable bonds is 8. The number of halogens is 4. The summed E-state index contributed by atoms with van der Waals surface area (Å²) in [5, 5.41) is 9.21. The number of aliphatic carboxylic acids is 1. The van der Waals surface area contributed by atoms with Gasteiger partial charge in [-0.25, -0.2) is 4.39 Å². The first-order chi connectivity index (χ1) is 15.4. The molecule has 2 aromatic carbocycles. The van der Waals surface area contributed by atoms with Crippen molar-refractivity contribution in [1.29, 1.82) is 0 Å². The van der Waals surface area contributed by atoms with Gasteiger partial charge in [0, 0.05) is 22.4 Å². The van der Waals surface area contributed by atoms with Crippen LogP contribution in [0.3, 0.4) is 0 Å². The largest absolute Gasteiger partial charge is 0.489 e. The Morgan fingerprint density at radius 2 is 1.73 bits per heavy atom. The second-order valence-electron chi connectivity index (χ2n) is 7.91. The van der Waals surface area contributed by atoms with Crippen LogP contribution in [-0.2, 0) is 23.3 Å². The number of alkyl halides is 3. The van der Waals surface area contributed by atoms with Crippen molar-refractivity contribution in [3.05, 3.63) is 76.8 Å². The molecule has 176 valence electrons. The van der Waals surface area contributed by atoms with Crippen molar-refractivity contribution in [3.63, 3.8) is 0 Å². The SMILES string of the molecule is Cc1oc(-c2ccc(C(F)(F)F)cc2)cc1COc1ccc(F)c(CSC(C)(C)C(=O)O)c1. The van der Waals surface area contributed by atoms with E-state index in [0.29, 0.717) is 34.0 Å². The van der Waals surface area contributed by atoms with Crippen LogP contribution in [0.25, 0.3) is 11.3 Å². The summed E-state index contributed by atoms with van der Waals surface area (Å²) in [7, 11) is 0. The van der Waals surface area contributed by atoms with E-state index >= 15 is 0 Å². The van der Waals surface area contributed by atoms with Crippen molar-refractivity contribution in [3.8, 4) is 17.1 Å². The molecule has 0 amide bonds. The standard InChI is InChI=1S/C24H22F4O4S/c1-14-16(11-21(32-14)15-4-6-18(7-5-15)24(26,27)28)12-31-19-8-9-20(25)17(10-19)13-33-23(2,3)22(29)30/h4-11H,12-13H2,1-3H3,(H,29,30). The summed E-state index contributed by atoms with van der Waals surface area (Å²) in [4.78, 5) is 11.3. The highest BCUT2D eigenvalue weighted by Crippen LogP contribution is 2.33. The lowest BCUT2D eigenvalue weighted by Gasteiger charge is -2.18. The van der Waals surface area contributed by atoms with E-state index in [2.05, 4.69) is 0 Å². The second kappa shape index (κ2) is 9.51. The molecule has 3 rings (SSSR count). The first-order valence-electron chi connectivity index (χ1n) is 9.92. The fourth-order valence-electron chi connectivity index (χ4n) is 2.86. The maximum absolute atomic E-state index is 14.2. The van der Waals surface area contributed by atoms with Gasteiger partial charge < -0.3 is 14.3 Å². The number of ether oxygens (including phenoxy) is 1. The molecule has 4 nitrogen and oxygen atoms in total. The smallest absolute Gasteiger partial charge is 0.416 e. The summed E-state index contributed by atoms with van der Waals surface area (Å²) in [5.41, 5.74) is 0.771. The van der Waals surface area contributed by atoms with Crippen LogP contribution >= 0.6 is 11.8 Å². The lowest BCUT2D eigenvalue weighted by Crippen LogP contribution is -2.27. The van der Waals surface area contributed by atoms with Gasteiger partial charge in [-0.3, -0.25) is 4.79 Å². The van der Waals surface area contributed by atoms with E-state index < -0.39 is 28.3 Å². The molecule has 0 unspecified atom stereocenters. The third-order valence-corrected chi connectivity index (χ3v) is 6.38. The third-order valence-electron chi connectivity index (χ3n) is 5.03. The second-order valence-corrected chi connectivity index (χ2v) is 9.51. The first-order valence-corrected chi connectivity index (χ1v) is 10.9. The Morgan fingerprint density at radius 1 is 1.06 bits per heavy atom. The zero-order chi connectivity index (χ0) is 24.4. The lowest BCUT2D eigenvalue weighted by molar-refractivity contribution is -0.139. The molecule has 1 heterocycles. The highest BCUT2D eigenvalue weighted by Gasteiger charge is 2.30. The number of hydrogen-bond donors (Lipinski definition) is 1. The molecule has 0 aliphatic rings. The Labute approximate surface area is 192 Å². The number of carboxylic acids is 1. The van der Waals surface area contributed by atoms with Gasteiger partial charge in [-0.2, -0.15) is 13.2 Å². The minimum atomic E-state index is -4.41. The van der Waals surface area contributed by atoms with Gasteiger partial charge in [-0.05, 0) is 57.2 Å². The van der Waals surface area contributed by atoms with Crippen molar-refractivity contribution in [2.75, 3.05) is 0 Å². The van der Waals surface area contributed by atoms with Gasteiger partial charge in [0.1, 0.15) is 34.4 Å². The van der Waals surface area contributed by atoms with E-state index in [9.17, 15) is 27.5 Å². The molecule has 0 saturated heterocycles. The molecule has 33 heavy (non-hydrogen) atoms. The van der Waals surface area contributed by atoms with Gasteiger partial charge >= 0.3 is 12.1 Å². The summed E-state index contributed by atoms with van der Waals surface area (Å²) < 4.78 is 62.8. The summed E-state index contributed by atoms with van der Waals surface area (Å²) in [6, 6.07) is 10.6. The van der Waals surface area contributed by atoms with Crippen molar-refractivity contribution in [2.45, 2.75) is 44.1 Å². The molecular formula is C24H22F4O4S. The molecule has 0 aliphatic heterocycles. The topological polar surface area (TPSA) is 59.7 Å². The Morgan fingerprint density at radius 3 is 2.33 bits per heavy atom. The quantitative estimate of drug-likeness (QED) is 0.348. The van der Waals surface area contributed by atoms with E-state index in [-0.39, 0.29) is 12.4 Å². The number of furan rings is 1. The average Bonchev–Trinajstić information content (AvgIpc) is 3.12. The number of benzene rings is 2. The highest BCUT2D eigenvalue weighted by atomic mass is 32.2. The third kappa shape index (κ3) is 6.10. The molecule has 1 N–H and O–H groups in total. The predicted octanol–water partition coefficient (Wildman–Crippen LogP) is 7.09. The van der Waals surface area contributed by atoms with E-state index in [1.165, 1.54) is 30.3 Å². The average molecular weight is 482 g/mol.